The number of nitrogens with two attached hydrogens (primary N) is 1. The van der Waals surface area contributed by atoms with Crippen LogP contribution in [0, 0.1) is 12.7 Å². The van der Waals surface area contributed by atoms with Crippen LogP contribution >= 0.6 is 11.6 Å². The molecule has 0 aliphatic carbocycles. The molecule has 2 aromatic carbocycles. The summed E-state index contributed by atoms with van der Waals surface area (Å²) in [5.41, 5.74) is 8.70. The Balaban J connectivity index is 2.03. The smallest absolute Gasteiger partial charge is 0.258 e. The molecule has 3 rings (SSSR count). The fourth-order valence-electron chi connectivity index (χ4n) is 1.96. The van der Waals surface area contributed by atoms with Crippen LogP contribution in [0.3, 0.4) is 0 Å². The largest absolute Gasteiger partial charge is 0.399 e. The third-order valence-electron chi connectivity index (χ3n) is 3.10. The molecule has 0 aliphatic heterocycles. The van der Waals surface area contributed by atoms with Crippen LogP contribution in [0.2, 0.25) is 5.02 Å². The molecule has 106 valence electrons. The summed E-state index contributed by atoms with van der Waals surface area (Å²) in [5.74, 6) is 0.208. The van der Waals surface area contributed by atoms with E-state index in [1.54, 1.807) is 18.2 Å². The van der Waals surface area contributed by atoms with Crippen LogP contribution in [-0.4, -0.2) is 10.1 Å². The van der Waals surface area contributed by atoms with Gasteiger partial charge < -0.3 is 10.3 Å². The van der Waals surface area contributed by atoms with E-state index >= 15 is 0 Å². The highest BCUT2D eigenvalue weighted by Crippen LogP contribution is 2.28. The Morgan fingerprint density at radius 3 is 2.76 bits per heavy atom. The van der Waals surface area contributed by atoms with Crippen LogP contribution in [0.5, 0.6) is 0 Å². The van der Waals surface area contributed by atoms with Gasteiger partial charge in [-0.15, -0.1) is 0 Å². The van der Waals surface area contributed by atoms with Gasteiger partial charge >= 0.3 is 0 Å². The van der Waals surface area contributed by atoms with Gasteiger partial charge in [0.2, 0.25) is 5.82 Å². The molecule has 21 heavy (non-hydrogen) atoms. The molecule has 1 heterocycles. The number of hydrogen-bond donors (Lipinski definition) is 1. The minimum absolute atomic E-state index is 0.0130. The van der Waals surface area contributed by atoms with E-state index in [1.807, 2.05) is 13.0 Å². The van der Waals surface area contributed by atoms with Gasteiger partial charge in [0.05, 0.1) is 5.02 Å². The average Bonchev–Trinajstić information content (AvgIpc) is 2.94. The van der Waals surface area contributed by atoms with E-state index in [2.05, 4.69) is 10.1 Å². The highest BCUT2D eigenvalue weighted by atomic mass is 35.5. The summed E-state index contributed by atoms with van der Waals surface area (Å²) in [5, 5.41) is 3.91. The molecule has 2 N–H and O–H groups in total. The zero-order valence-corrected chi connectivity index (χ0v) is 11.9. The summed E-state index contributed by atoms with van der Waals surface area (Å²) in [6.07, 6.45) is 0. The number of nitrogens with zero attached hydrogens (tertiary/aromatic N) is 2. The Hall–Kier alpha value is -2.40. The molecule has 0 spiro atoms. The van der Waals surface area contributed by atoms with E-state index in [4.69, 9.17) is 21.9 Å². The molecule has 0 radical (unpaired) electrons. The highest BCUT2D eigenvalue weighted by Gasteiger charge is 2.14. The molecule has 1 aromatic heterocycles. The lowest BCUT2D eigenvalue weighted by Gasteiger charge is -2.01. The number of nitrogen functional groups attached to an aromatic ring is 1. The molecule has 0 saturated heterocycles. The molecule has 0 bridgehead atoms. The lowest BCUT2D eigenvalue weighted by atomic mass is 10.1. The monoisotopic (exact) mass is 303 g/mol. The Morgan fingerprint density at radius 2 is 2.00 bits per heavy atom. The topological polar surface area (TPSA) is 64.9 Å². The average molecular weight is 304 g/mol. The van der Waals surface area contributed by atoms with E-state index in [-0.39, 0.29) is 5.02 Å². The van der Waals surface area contributed by atoms with Crippen molar-refractivity contribution in [1.29, 1.82) is 0 Å². The first-order valence-electron chi connectivity index (χ1n) is 6.20. The predicted octanol–water partition coefficient (Wildman–Crippen LogP) is 4.09. The maximum absolute atomic E-state index is 13.2. The van der Waals surface area contributed by atoms with Crippen molar-refractivity contribution in [3.63, 3.8) is 0 Å². The zero-order chi connectivity index (χ0) is 15.0. The summed E-state index contributed by atoms with van der Waals surface area (Å²) >= 11 is 5.76. The van der Waals surface area contributed by atoms with E-state index in [9.17, 15) is 4.39 Å². The van der Waals surface area contributed by atoms with Crippen LogP contribution in [0.1, 0.15) is 5.56 Å². The number of hydrogen-bond acceptors (Lipinski definition) is 4. The van der Waals surface area contributed by atoms with Crippen molar-refractivity contribution >= 4 is 17.3 Å². The molecule has 4 nitrogen and oxygen atoms in total. The molecule has 0 aliphatic rings. The van der Waals surface area contributed by atoms with Crippen molar-refractivity contribution in [2.24, 2.45) is 0 Å². The molecule has 3 aromatic rings. The van der Waals surface area contributed by atoms with Gasteiger partial charge in [-0.2, -0.15) is 4.98 Å². The molecule has 0 amide bonds. The lowest BCUT2D eigenvalue weighted by Crippen LogP contribution is -1.89. The van der Waals surface area contributed by atoms with E-state index in [1.165, 1.54) is 12.1 Å². The van der Waals surface area contributed by atoms with E-state index < -0.39 is 5.82 Å². The highest BCUT2D eigenvalue weighted by molar-refractivity contribution is 6.31. The van der Waals surface area contributed by atoms with E-state index in [0.717, 1.165) is 11.1 Å². The SMILES string of the molecule is Cc1ccc(N)cc1-c1nc(-c2ccc(F)c(Cl)c2)no1. The zero-order valence-electron chi connectivity index (χ0n) is 11.1. The van der Waals surface area contributed by atoms with Gasteiger partial charge in [0.1, 0.15) is 5.82 Å². The molecule has 6 heteroatoms. The third-order valence-corrected chi connectivity index (χ3v) is 3.39. The number of aryl methyl sites for hydroxylation is 1. The number of aromatic nitrogens is 2. The summed E-state index contributed by atoms with van der Waals surface area (Å²) < 4.78 is 18.4. The third kappa shape index (κ3) is 2.60. The number of halogens is 2. The van der Waals surface area contributed by atoms with Gasteiger partial charge in [0.25, 0.3) is 5.89 Å². The second-order valence-corrected chi connectivity index (χ2v) is 5.03. The van der Waals surface area contributed by atoms with Crippen molar-refractivity contribution in [3.05, 3.63) is 52.8 Å². The van der Waals surface area contributed by atoms with Crippen molar-refractivity contribution in [1.82, 2.24) is 10.1 Å². The minimum Gasteiger partial charge on any atom is -0.399 e. The fraction of sp³-hybridized carbons (Fsp3) is 0.0667. The van der Waals surface area contributed by atoms with Crippen LogP contribution in [0.4, 0.5) is 10.1 Å². The maximum Gasteiger partial charge on any atom is 0.258 e. The quantitative estimate of drug-likeness (QED) is 0.724. The van der Waals surface area contributed by atoms with Crippen molar-refractivity contribution in [3.8, 4) is 22.8 Å². The van der Waals surface area contributed by atoms with Gasteiger partial charge in [0, 0.05) is 16.8 Å². The molecule has 0 atom stereocenters. The molecule has 0 unspecified atom stereocenters. The fourth-order valence-corrected chi connectivity index (χ4v) is 2.14. The Labute approximate surface area is 125 Å². The van der Waals surface area contributed by atoms with Crippen LogP contribution < -0.4 is 5.73 Å². The maximum atomic E-state index is 13.2. The molecular weight excluding hydrogens is 293 g/mol. The standard InChI is InChI=1S/C15H11ClFN3O/c1-8-2-4-10(18)7-11(8)15-19-14(20-21-15)9-3-5-13(17)12(16)6-9/h2-7H,18H2,1H3. The van der Waals surface area contributed by atoms with Crippen LogP contribution in [-0.2, 0) is 0 Å². The van der Waals surface area contributed by atoms with Gasteiger partial charge in [-0.1, -0.05) is 22.8 Å². The minimum atomic E-state index is -0.490. The Morgan fingerprint density at radius 1 is 1.19 bits per heavy atom. The lowest BCUT2D eigenvalue weighted by molar-refractivity contribution is 0.432. The van der Waals surface area contributed by atoms with Gasteiger partial charge in [-0.05, 0) is 42.8 Å². The van der Waals surface area contributed by atoms with Crippen molar-refractivity contribution in [2.75, 3.05) is 5.73 Å². The Kier molecular flexibility index (Phi) is 3.35. The normalized spacial score (nSPS) is 10.8. The summed E-state index contributed by atoms with van der Waals surface area (Å²) in [4.78, 5) is 4.31. The number of rotatable bonds is 2. The van der Waals surface area contributed by atoms with Gasteiger partial charge in [-0.3, -0.25) is 0 Å². The first-order valence-corrected chi connectivity index (χ1v) is 6.58. The van der Waals surface area contributed by atoms with Crippen molar-refractivity contribution in [2.45, 2.75) is 6.92 Å². The molecule has 0 fully saturated rings. The molecule has 0 saturated carbocycles. The summed E-state index contributed by atoms with van der Waals surface area (Å²) in [6.45, 7) is 1.92. The van der Waals surface area contributed by atoms with Crippen LogP contribution in [0.25, 0.3) is 22.8 Å². The Bertz CT molecular complexity index is 816. The predicted molar refractivity (Wildman–Crippen MR) is 79.3 cm³/mol. The molecular formula is C15H11ClFN3O. The number of anilines is 1. The first kappa shape index (κ1) is 13.6. The van der Waals surface area contributed by atoms with Gasteiger partial charge in [0.15, 0.2) is 0 Å². The van der Waals surface area contributed by atoms with Crippen molar-refractivity contribution < 1.29 is 8.91 Å². The van der Waals surface area contributed by atoms with E-state index in [0.29, 0.717) is 23.0 Å². The van der Waals surface area contributed by atoms with Gasteiger partial charge in [-0.25, -0.2) is 4.39 Å². The summed E-state index contributed by atoms with van der Waals surface area (Å²) in [7, 11) is 0. The number of benzene rings is 2. The second kappa shape index (κ2) is 5.18. The second-order valence-electron chi connectivity index (χ2n) is 4.63. The van der Waals surface area contributed by atoms with Crippen LogP contribution in [0.15, 0.2) is 40.9 Å². The summed E-state index contributed by atoms with van der Waals surface area (Å²) in [6, 6.07) is 9.71. The first-order chi connectivity index (χ1) is 10.0.